The van der Waals surface area contributed by atoms with Crippen LogP contribution in [0, 0.1) is 5.82 Å². The van der Waals surface area contributed by atoms with Crippen molar-refractivity contribution in [2.45, 2.75) is 39.7 Å². The summed E-state index contributed by atoms with van der Waals surface area (Å²) in [6.07, 6.45) is 1.53. The van der Waals surface area contributed by atoms with Crippen LogP contribution in [0.5, 0.6) is 0 Å². The number of nitrogens with one attached hydrogen (secondary N) is 2. The molecule has 0 aliphatic carbocycles. The van der Waals surface area contributed by atoms with Crippen molar-refractivity contribution in [1.29, 1.82) is 0 Å². The second-order valence-corrected chi connectivity index (χ2v) is 10.3. The van der Waals surface area contributed by atoms with Gasteiger partial charge in [0.15, 0.2) is 0 Å². The number of benzene rings is 2. The molecule has 3 heterocycles. The number of pyridine rings is 1. The highest BCUT2D eigenvalue weighted by molar-refractivity contribution is 6.00. The second-order valence-electron chi connectivity index (χ2n) is 10.3. The summed E-state index contributed by atoms with van der Waals surface area (Å²) in [5.74, 6) is -0.173. The predicted molar refractivity (Wildman–Crippen MR) is 154 cm³/mol. The van der Waals surface area contributed by atoms with Gasteiger partial charge < -0.3 is 11.1 Å². The Morgan fingerprint density at radius 1 is 1.05 bits per heavy atom. The van der Waals surface area contributed by atoms with Crippen LogP contribution in [-0.2, 0) is 12.0 Å². The molecule has 0 aliphatic heterocycles. The summed E-state index contributed by atoms with van der Waals surface area (Å²) in [5.41, 5.74) is 7.71. The van der Waals surface area contributed by atoms with Crippen molar-refractivity contribution in [1.82, 2.24) is 24.3 Å². The van der Waals surface area contributed by atoms with Gasteiger partial charge >= 0.3 is 6.03 Å². The first kappa shape index (κ1) is 26.5. The van der Waals surface area contributed by atoms with Crippen LogP contribution in [0.25, 0.3) is 27.8 Å². The van der Waals surface area contributed by atoms with Gasteiger partial charge in [-0.3, -0.25) is 14.7 Å². The number of para-hydroxylation sites is 1. The minimum absolute atomic E-state index is 0.0596. The van der Waals surface area contributed by atoms with Gasteiger partial charge in [-0.1, -0.05) is 45.0 Å². The summed E-state index contributed by atoms with van der Waals surface area (Å²) in [5, 5.41) is 10.6. The van der Waals surface area contributed by atoms with Crippen LogP contribution in [0.2, 0.25) is 0 Å². The number of hydrogen-bond donors (Lipinski definition) is 3. The molecule has 3 aromatic heterocycles. The summed E-state index contributed by atoms with van der Waals surface area (Å²) in [6.45, 7) is 8.23. The molecule has 0 radical (unpaired) electrons. The van der Waals surface area contributed by atoms with Gasteiger partial charge in [-0.2, -0.15) is 10.1 Å². The van der Waals surface area contributed by atoms with Crippen molar-refractivity contribution in [3.63, 3.8) is 0 Å². The molecular weight excluding hydrogens is 511 g/mol. The quantitative estimate of drug-likeness (QED) is 0.276. The van der Waals surface area contributed by atoms with Crippen LogP contribution >= 0.6 is 0 Å². The molecule has 11 heteroatoms. The third-order valence-corrected chi connectivity index (χ3v) is 6.41. The maximum atomic E-state index is 14.9. The molecule has 2 amide bonds. The lowest BCUT2D eigenvalue weighted by Crippen LogP contribution is -2.23. The predicted octanol–water partition coefficient (Wildman–Crippen LogP) is 5.33. The van der Waals surface area contributed by atoms with E-state index in [2.05, 4.69) is 25.7 Å². The average Bonchev–Trinajstić information content (AvgIpc) is 3.34. The summed E-state index contributed by atoms with van der Waals surface area (Å²) in [4.78, 5) is 34.6. The van der Waals surface area contributed by atoms with E-state index in [9.17, 15) is 14.0 Å². The molecule has 0 saturated carbocycles. The van der Waals surface area contributed by atoms with Gasteiger partial charge in [0.25, 0.3) is 5.56 Å². The fourth-order valence-electron chi connectivity index (χ4n) is 4.33. The number of hydrogen-bond acceptors (Lipinski definition) is 6. The molecule has 0 fully saturated rings. The lowest BCUT2D eigenvalue weighted by atomic mass is 9.92. The van der Waals surface area contributed by atoms with Crippen molar-refractivity contribution in [3.05, 3.63) is 88.7 Å². The normalized spacial score (nSPS) is 11.5. The number of carbonyl (C=O) groups is 1. The first-order chi connectivity index (χ1) is 19.0. The smallest absolute Gasteiger partial charge is 0.324 e. The van der Waals surface area contributed by atoms with Crippen molar-refractivity contribution >= 4 is 34.5 Å². The Bertz CT molecular complexity index is 1790. The van der Waals surface area contributed by atoms with Crippen LogP contribution in [0.1, 0.15) is 33.4 Å². The Kier molecular flexibility index (Phi) is 6.80. The van der Waals surface area contributed by atoms with Crippen LogP contribution in [-0.4, -0.2) is 30.3 Å². The number of aryl methyl sites for hydroxylation is 1. The second kappa shape index (κ2) is 10.3. The van der Waals surface area contributed by atoms with E-state index in [4.69, 9.17) is 5.73 Å². The SMILES string of the molecule is CCn1c(=O)c(-c2ccc(F)c(NC(=O)Nc3cc(C(C)(C)C)nn3-c3ccccc3)c2)cc2cnc(N)nc21. The molecule has 2 aromatic carbocycles. The zero-order valence-corrected chi connectivity index (χ0v) is 22.6. The van der Waals surface area contributed by atoms with Gasteiger partial charge in [-0.05, 0) is 42.8 Å². The first-order valence-corrected chi connectivity index (χ1v) is 12.7. The summed E-state index contributed by atoms with van der Waals surface area (Å²) in [7, 11) is 0. The molecule has 4 N–H and O–H groups in total. The van der Waals surface area contributed by atoms with Crippen molar-refractivity contribution < 1.29 is 9.18 Å². The Morgan fingerprint density at radius 2 is 1.80 bits per heavy atom. The van der Waals surface area contributed by atoms with E-state index in [1.165, 1.54) is 29.0 Å². The van der Waals surface area contributed by atoms with Crippen LogP contribution < -0.4 is 21.9 Å². The van der Waals surface area contributed by atoms with Crippen LogP contribution in [0.4, 0.5) is 26.6 Å². The van der Waals surface area contributed by atoms with Gasteiger partial charge in [-0.15, -0.1) is 0 Å². The van der Waals surface area contributed by atoms with E-state index >= 15 is 0 Å². The largest absolute Gasteiger partial charge is 0.368 e. The molecule has 40 heavy (non-hydrogen) atoms. The topological polar surface area (TPSA) is 133 Å². The zero-order valence-electron chi connectivity index (χ0n) is 22.6. The third kappa shape index (κ3) is 5.13. The summed E-state index contributed by atoms with van der Waals surface area (Å²) < 4.78 is 18.0. The van der Waals surface area contributed by atoms with Gasteiger partial charge in [0.2, 0.25) is 5.95 Å². The monoisotopic (exact) mass is 540 g/mol. The molecule has 0 unspecified atom stereocenters. The third-order valence-electron chi connectivity index (χ3n) is 6.41. The Balaban J connectivity index is 1.48. The number of urea groups is 1. The molecule has 0 atom stereocenters. The van der Waals surface area contributed by atoms with E-state index in [0.29, 0.717) is 34.5 Å². The van der Waals surface area contributed by atoms with E-state index in [1.807, 2.05) is 58.0 Å². The molecule has 0 aliphatic rings. The summed E-state index contributed by atoms with van der Waals surface area (Å²) in [6, 6.07) is 16.2. The minimum Gasteiger partial charge on any atom is -0.368 e. The standard InChI is InChI=1S/C29H29FN8O2/c1-5-37-25-18(16-32-27(31)35-25)13-20(26(37)39)17-11-12-21(30)22(14-17)33-28(40)34-24-15-23(29(2,3)4)36-38(24)19-9-7-6-8-10-19/h6-16H,5H2,1-4H3,(H2,31,32,35)(H2,33,34,40). The number of aromatic nitrogens is 5. The van der Waals surface area contributed by atoms with Gasteiger partial charge in [0.05, 0.1) is 17.1 Å². The first-order valence-electron chi connectivity index (χ1n) is 12.7. The Hall–Kier alpha value is -5.06. The van der Waals surface area contributed by atoms with Crippen molar-refractivity contribution in [3.8, 4) is 16.8 Å². The van der Waals surface area contributed by atoms with Gasteiger partial charge in [0, 0.05) is 35.2 Å². The van der Waals surface area contributed by atoms with E-state index in [1.54, 1.807) is 16.8 Å². The number of rotatable bonds is 5. The molecule has 0 spiro atoms. The molecule has 5 rings (SSSR count). The minimum atomic E-state index is -0.665. The maximum Gasteiger partial charge on any atom is 0.324 e. The van der Waals surface area contributed by atoms with Gasteiger partial charge in [-0.25, -0.2) is 18.9 Å². The van der Waals surface area contributed by atoms with E-state index < -0.39 is 11.8 Å². The highest BCUT2D eigenvalue weighted by Crippen LogP contribution is 2.28. The number of fused-ring (bicyclic) bond motifs is 1. The zero-order chi connectivity index (χ0) is 28.6. The fourth-order valence-corrected chi connectivity index (χ4v) is 4.33. The maximum absolute atomic E-state index is 14.9. The van der Waals surface area contributed by atoms with E-state index in [-0.39, 0.29) is 22.6 Å². The summed E-state index contributed by atoms with van der Waals surface area (Å²) >= 11 is 0. The lowest BCUT2D eigenvalue weighted by molar-refractivity contribution is 0.262. The van der Waals surface area contributed by atoms with Crippen molar-refractivity contribution in [2.75, 3.05) is 16.4 Å². The lowest BCUT2D eigenvalue weighted by Gasteiger charge is -2.14. The van der Waals surface area contributed by atoms with Crippen LogP contribution in [0.15, 0.2) is 71.7 Å². The highest BCUT2D eigenvalue weighted by Gasteiger charge is 2.22. The Morgan fingerprint density at radius 3 is 2.50 bits per heavy atom. The number of nitrogens with zero attached hydrogens (tertiary/aromatic N) is 5. The fraction of sp³-hybridized carbons (Fsp3) is 0.207. The molecule has 5 aromatic rings. The van der Waals surface area contributed by atoms with Crippen molar-refractivity contribution in [2.24, 2.45) is 0 Å². The average molecular weight is 541 g/mol. The Labute approximate surface area is 229 Å². The number of nitrogen functional groups attached to an aromatic ring is 1. The number of anilines is 3. The number of halogens is 1. The molecule has 0 saturated heterocycles. The molecule has 10 nitrogen and oxygen atoms in total. The molecule has 0 bridgehead atoms. The van der Waals surface area contributed by atoms with Crippen LogP contribution in [0.3, 0.4) is 0 Å². The van der Waals surface area contributed by atoms with E-state index in [0.717, 1.165) is 11.4 Å². The highest BCUT2D eigenvalue weighted by atomic mass is 19.1. The van der Waals surface area contributed by atoms with Gasteiger partial charge in [0.1, 0.15) is 17.3 Å². The molecular formula is C29H29FN8O2. The molecule has 204 valence electrons. The number of carbonyl (C=O) groups excluding carboxylic acids is 1. The number of amides is 2. The number of nitrogens with two attached hydrogens (primary N) is 1.